The average Bonchev–Trinajstić information content (AvgIpc) is 2.60. The molecule has 0 saturated carbocycles. The summed E-state index contributed by atoms with van der Waals surface area (Å²) in [5, 5.41) is 0. The zero-order valence-corrected chi connectivity index (χ0v) is 15.0. The molecule has 0 aromatic heterocycles. The third kappa shape index (κ3) is 6.97. The van der Waals surface area contributed by atoms with Gasteiger partial charge in [-0.3, -0.25) is 0 Å². The van der Waals surface area contributed by atoms with Crippen LogP contribution in [0.4, 0.5) is 0 Å². The molecule has 3 aromatic carbocycles. The quantitative estimate of drug-likeness (QED) is 0.454. The molecule has 0 atom stereocenters. The predicted octanol–water partition coefficient (Wildman–Crippen LogP) is 6.99. The zero-order chi connectivity index (χ0) is 17.1. The van der Waals surface area contributed by atoms with E-state index in [1.54, 1.807) is 0 Å². The number of aryl methyl sites for hydroxylation is 3. The van der Waals surface area contributed by atoms with Crippen molar-refractivity contribution in [3.8, 4) is 11.1 Å². The lowest BCUT2D eigenvalue weighted by Gasteiger charge is -2.02. The Morgan fingerprint density at radius 1 is 0.391 bits per heavy atom. The Bertz CT molecular complexity index is 603. The molecule has 0 heterocycles. The smallest absolute Gasteiger partial charge is 0.0184 e. The van der Waals surface area contributed by atoms with Crippen molar-refractivity contribution in [3.63, 3.8) is 0 Å². The summed E-state index contributed by atoms with van der Waals surface area (Å²) in [6.45, 7) is 10.3. The van der Waals surface area contributed by atoms with Crippen molar-refractivity contribution in [2.75, 3.05) is 0 Å². The molecule has 3 aromatic rings. The van der Waals surface area contributed by atoms with Crippen molar-refractivity contribution in [1.29, 1.82) is 0 Å². The lowest BCUT2D eigenvalue weighted by molar-refractivity contribution is 1.45. The van der Waals surface area contributed by atoms with Crippen LogP contribution in [0, 0.1) is 20.8 Å². The van der Waals surface area contributed by atoms with Gasteiger partial charge < -0.3 is 0 Å². The molecule has 0 heteroatoms. The van der Waals surface area contributed by atoms with Crippen LogP contribution in [-0.4, -0.2) is 0 Å². The van der Waals surface area contributed by atoms with Crippen molar-refractivity contribution in [2.45, 2.75) is 34.6 Å². The largest absolute Gasteiger partial charge is 0.0683 e. The summed E-state index contributed by atoms with van der Waals surface area (Å²) in [4.78, 5) is 0. The Hall–Kier alpha value is -2.34. The Morgan fingerprint density at radius 3 is 0.957 bits per heavy atom. The fourth-order valence-electron chi connectivity index (χ4n) is 2.03. The van der Waals surface area contributed by atoms with Crippen LogP contribution in [0.3, 0.4) is 0 Å². The van der Waals surface area contributed by atoms with Crippen molar-refractivity contribution in [1.82, 2.24) is 0 Å². The van der Waals surface area contributed by atoms with Crippen LogP contribution in [0.2, 0.25) is 0 Å². The molecule has 0 N–H and O–H groups in total. The molecule has 0 spiro atoms. The standard InChI is InChI=1S/C14H14.C7H8.C2H6/c1-11-3-7-13(8-4-11)14-9-5-12(2)6-10-14;1-7-5-3-2-4-6-7;1-2/h3-10H,1-2H3;2-6H,1H3;1-2H3. The normalized spacial score (nSPS) is 9.09. The van der Waals surface area contributed by atoms with E-state index in [0.717, 1.165) is 0 Å². The summed E-state index contributed by atoms with van der Waals surface area (Å²) in [6, 6.07) is 27.5. The number of benzene rings is 3. The lowest BCUT2D eigenvalue weighted by Crippen LogP contribution is -1.78. The van der Waals surface area contributed by atoms with Gasteiger partial charge in [0.1, 0.15) is 0 Å². The van der Waals surface area contributed by atoms with Gasteiger partial charge in [-0.25, -0.2) is 0 Å². The van der Waals surface area contributed by atoms with E-state index in [1.165, 1.54) is 27.8 Å². The van der Waals surface area contributed by atoms with Crippen LogP contribution < -0.4 is 0 Å². The number of rotatable bonds is 1. The van der Waals surface area contributed by atoms with E-state index in [1.807, 2.05) is 32.0 Å². The third-order valence-corrected chi connectivity index (χ3v) is 3.38. The summed E-state index contributed by atoms with van der Waals surface area (Å²) >= 11 is 0. The number of hydrogen-bond acceptors (Lipinski definition) is 0. The molecular weight excluding hydrogens is 276 g/mol. The van der Waals surface area contributed by atoms with E-state index >= 15 is 0 Å². The monoisotopic (exact) mass is 304 g/mol. The first-order chi connectivity index (χ1) is 11.1. The minimum atomic E-state index is 1.29. The number of hydrogen-bond donors (Lipinski definition) is 0. The van der Waals surface area contributed by atoms with Crippen LogP contribution in [0.25, 0.3) is 11.1 Å². The second kappa shape index (κ2) is 10.4. The van der Waals surface area contributed by atoms with Gasteiger partial charge in [-0.2, -0.15) is 0 Å². The summed E-state index contributed by atoms with van der Waals surface area (Å²) in [6.07, 6.45) is 0. The van der Waals surface area contributed by atoms with Gasteiger partial charge in [0, 0.05) is 0 Å². The highest BCUT2D eigenvalue weighted by atomic mass is 14.0. The second-order valence-corrected chi connectivity index (χ2v) is 5.39. The maximum Gasteiger partial charge on any atom is -0.0184 e. The van der Waals surface area contributed by atoms with E-state index in [4.69, 9.17) is 0 Å². The zero-order valence-electron chi connectivity index (χ0n) is 15.0. The molecule has 0 radical (unpaired) electrons. The minimum absolute atomic E-state index is 1.29. The maximum absolute atomic E-state index is 2.17. The SMILES string of the molecule is CC.Cc1ccc(-c2ccc(C)cc2)cc1.Cc1ccccc1. The highest BCUT2D eigenvalue weighted by Gasteiger charge is 1.95. The molecular formula is C23H28. The summed E-state index contributed by atoms with van der Waals surface area (Å²) in [5.74, 6) is 0. The van der Waals surface area contributed by atoms with E-state index < -0.39 is 0 Å². The van der Waals surface area contributed by atoms with Gasteiger partial charge in [-0.1, -0.05) is 109 Å². The summed E-state index contributed by atoms with van der Waals surface area (Å²) in [7, 11) is 0. The summed E-state index contributed by atoms with van der Waals surface area (Å²) < 4.78 is 0. The fraction of sp³-hybridized carbons (Fsp3) is 0.217. The molecule has 0 aliphatic heterocycles. The van der Waals surface area contributed by atoms with Gasteiger partial charge in [0.2, 0.25) is 0 Å². The van der Waals surface area contributed by atoms with E-state index in [9.17, 15) is 0 Å². The van der Waals surface area contributed by atoms with Crippen molar-refractivity contribution < 1.29 is 0 Å². The first-order valence-corrected chi connectivity index (χ1v) is 8.30. The molecule has 120 valence electrons. The topological polar surface area (TPSA) is 0 Å². The lowest BCUT2D eigenvalue weighted by atomic mass is 10.0. The molecule has 23 heavy (non-hydrogen) atoms. The van der Waals surface area contributed by atoms with Crippen LogP contribution in [-0.2, 0) is 0 Å². The molecule has 0 amide bonds. The Balaban J connectivity index is 0.000000247. The third-order valence-electron chi connectivity index (χ3n) is 3.38. The van der Waals surface area contributed by atoms with E-state index in [-0.39, 0.29) is 0 Å². The van der Waals surface area contributed by atoms with Gasteiger partial charge in [-0.05, 0) is 31.9 Å². The first-order valence-electron chi connectivity index (χ1n) is 8.30. The van der Waals surface area contributed by atoms with Crippen molar-refractivity contribution in [3.05, 3.63) is 95.6 Å². The van der Waals surface area contributed by atoms with Crippen LogP contribution >= 0.6 is 0 Å². The molecule has 0 aliphatic rings. The average molecular weight is 304 g/mol. The van der Waals surface area contributed by atoms with Gasteiger partial charge >= 0.3 is 0 Å². The van der Waals surface area contributed by atoms with Crippen LogP contribution in [0.1, 0.15) is 30.5 Å². The molecule has 3 rings (SSSR count). The molecule has 0 nitrogen and oxygen atoms in total. The molecule has 0 bridgehead atoms. The molecule has 0 unspecified atom stereocenters. The summed E-state index contributed by atoms with van der Waals surface area (Å²) in [5.41, 5.74) is 6.51. The molecule has 0 fully saturated rings. The maximum atomic E-state index is 2.17. The highest BCUT2D eigenvalue weighted by molar-refractivity contribution is 5.63. The predicted molar refractivity (Wildman–Crippen MR) is 104 cm³/mol. The Labute approximate surface area is 141 Å². The van der Waals surface area contributed by atoms with Gasteiger partial charge in [0.15, 0.2) is 0 Å². The second-order valence-electron chi connectivity index (χ2n) is 5.39. The van der Waals surface area contributed by atoms with Crippen molar-refractivity contribution >= 4 is 0 Å². The molecule has 0 aliphatic carbocycles. The van der Waals surface area contributed by atoms with Crippen LogP contribution in [0.5, 0.6) is 0 Å². The molecule has 0 saturated heterocycles. The minimum Gasteiger partial charge on any atom is -0.0683 e. The fourth-order valence-corrected chi connectivity index (χ4v) is 2.03. The van der Waals surface area contributed by atoms with E-state index in [0.29, 0.717) is 0 Å². The van der Waals surface area contributed by atoms with Crippen LogP contribution in [0.15, 0.2) is 78.9 Å². The highest BCUT2D eigenvalue weighted by Crippen LogP contribution is 2.19. The first kappa shape index (κ1) is 18.7. The van der Waals surface area contributed by atoms with Gasteiger partial charge in [0.05, 0.1) is 0 Å². The Kier molecular flexibility index (Phi) is 8.46. The Morgan fingerprint density at radius 2 is 0.696 bits per heavy atom. The van der Waals surface area contributed by atoms with Gasteiger partial charge in [0.25, 0.3) is 0 Å². The van der Waals surface area contributed by atoms with Crippen molar-refractivity contribution in [2.24, 2.45) is 0 Å². The van der Waals surface area contributed by atoms with E-state index in [2.05, 4.69) is 81.4 Å². The van der Waals surface area contributed by atoms with Gasteiger partial charge in [-0.15, -0.1) is 0 Å².